The number of oxime groups is 1. The Morgan fingerprint density at radius 1 is 1.24 bits per heavy atom. The molecule has 0 bridgehead atoms. The van der Waals surface area contributed by atoms with E-state index in [2.05, 4.69) is 10.1 Å². The average molecular weight is 281 g/mol. The molecule has 1 aromatic carbocycles. The lowest BCUT2D eigenvalue weighted by molar-refractivity contribution is 0.0986. The van der Waals surface area contributed by atoms with Gasteiger partial charge in [0.15, 0.2) is 0 Å². The van der Waals surface area contributed by atoms with E-state index in [9.17, 15) is 10.0 Å². The van der Waals surface area contributed by atoms with Crippen LogP contribution in [0, 0.1) is 0 Å². The molecule has 106 valence electrons. The Balaban J connectivity index is 2.05. The molecule has 0 saturated heterocycles. The fourth-order valence-corrected chi connectivity index (χ4v) is 2.57. The summed E-state index contributed by atoms with van der Waals surface area (Å²) in [6.45, 7) is 0.587. The summed E-state index contributed by atoms with van der Waals surface area (Å²) in [7, 11) is 0. The molecule has 1 amide bonds. The zero-order valence-electron chi connectivity index (χ0n) is 11.4. The van der Waals surface area contributed by atoms with Crippen LogP contribution in [0.5, 0.6) is 0 Å². The SMILES string of the molecule is O=C(c1cccnc1)N1CCC/C(=N/O)c2ccccc21. The van der Waals surface area contributed by atoms with E-state index in [1.807, 2.05) is 24.3 Å². The second-order valence-electron chi connectivity index (χ2n) is 4.87. The summed E-state index contributed by atoms with van der Waals surface area (Å²) in [5, 5.41) is 12.6. The number of benzene rings is 1. The summed E-state index contributed by atoms with van der Waals surface area (Å²) in [4.78, 5) is 18.4. The van der Waals surface area contributed by atoms with Crippen LogP contribution in [0.4, 0.5) is 5.69 Å². The van der Waals surface area contributed by atoms with Crippen LogP contribution in [-0.4, -0.2) is 28.4 Å². The normalized spacial score (nSPS) is 16.4. The Kier molecular flexibility index (Phi) is 3.64. The van der Waals surface area contributed by atoms with Gasteiger partial charge in [0.05, 0.1) is 17.0 Å². The summed E-state index contributed by atoms with van der Waals surface area (Å²) < 4.78 is 0. The number of pyridine rings is 1. The van der Waals surface area contributed by atoms with Crippen LogP contribution in [0.15, 0.2) is 53.9 Å². The van der Waals surface area contributed by atoms with Gasteiger partial charge in [0.1, 0.15) is 0 Å². The summed E-state index contributed by atoms with van der Waals surface area (Å²) in [5.74, 6) is -0.0882. The summed E-state index contributed by atoms with van der Waals surface area (Å²) in [6, 6.07) is 11.0. The Bertz CT molecular complexity index is 683. The molecule has 5 nitrogen and oxygen atoms in total. The van der Waals surface area contributed by atoms with Crippen molar-refractivity contribution in [2.45, 2.75) is 12.8 Å². The van der Waals surface area contributed by atoms with Gasteiger partial charge < -0.3 is 10.1 Å². The first-order valence-corrected chi connectivity index (χ1v) is 6.83. The molecular weight excluding hydrogens is 266 g/mol. The number of para-hydroxylation sites is 1. The van der Waals surface area contributed by atoms with Gasteiger partial charge >= 0.3 is 0 Å². The molecule has 0 aliphatic carbocycles. The molecule has 1 aromatic heterocycles. The minimum Gasteiger partial charge on any atom is -0.411 e. The van der Waals surface area contributed by atoms with Gasteiger partial charge in [-0.25, -0.2) is 0 Å². The van der Waals surface area contributed by atoms with Crippen molar-refractivity contribution >= 4 is 17.3 Å². The molecular formula is C16H15N3O2. The highest BCUT2D eigenvalue weighted by Crippen LogP contribution is 2.27. The van der Waals surface area contributed by atoms with Gasteiger partial charge in [0.25, 0.3) is 5.91 Å². The Labute approximate surface area is 122 Å². The van der Waals surface area contributed by atoms with E-state index in [-0.39, 0.29) is 5.91 Å². The van der Waals surface area contributed by atoms with Crippen LogP contribution in [-0.2, 0) is 0 Å². The van der Waals surface area contributed by atoms with E-state index in [0.717, 1.165) is 17.7 Å². The fraction of sp³-hybridized carbons (Fsp3) is 0.188. The van der Waals surface area contributed by atoms with Crippen molar-refractivity contribution in [1.29, 1.82) is 0 Å². The summed E-state index contributed by atoms with van der Waals surface area (Å²) in [6.07, 6.45) is 4.60. The molecule has 1 aliphatic rings. The minimum atomic E-state index is -0.0882. The number of hydrogen-bond donors (Lipinski definition) is 1. The van der Waals surface area contributed by atoms with Crippen molar-refractivity contribution in [1.82, 2.24) is 4.98 Å². The molecule has 21 heavy (non-hydrogen) atoms. The van der Waals surface area contributed by atoms with Gasteiger partial charge in [-0.15, -0.1) is 0 Å². The second-order valence-corrected chi connectivity index (χ2v) is 4.87. The lowest BCUT2D eigenvalue weighted by Gasteiger charge is -2.22. The van der Waals surface area contributed by atoms with E-state index >= 15 is 0 Å². The van der Waals surface area contributed by atoms with Gasteiger partial charge in [0, 0.05) is 24.5 Å². The third-order valence-corrected chi connectivity index (χ3v) is 3.58. The summed E-state index contributed by atoms with van der Waals surface area (Å²) in [5.41, 5.74) is 2.75. The lowest BCUT2D eigenvalue weighted by atomic mass is 10.1. The number of carbonyl (C=O) groups is 1. The molecule has 0 atom stereocenters. The van der Waals surface area contributed by atoms with Crippen molar-refractivity contribution in [2.75, 3.05) is 11.4 Å². The zero-order valence-corrected chi connectivity index (χ0v) is 11.4. The van der Waals surface area contributed by atoms with E-state index in [1.165, 1.54) is 0 Å². The molecule has 0 saturated carbocycles. The maximum absolute atomic E-state index is 12.7. The zero-order chi connectivity index (χ0) is 14.7. The van der Waals surface area contributed by atoms with Gasteiger partial charge in [-0.3, -0.25) is 9.78 Å². The van der Waals surface area contributed by atoms with Crippen molar-refractivity contribution in [3.05, 3.63) is 59.9 Å². The second kappa shape index (κ2) is 5.75. The number of aromatic nitrogens is 1. The first-order valence-electron chi connectivity index (χ1n) is 6.83. The van der Waals surface area contributed by atoms with E-state index in [0.29, 0.717) is 24.2 Å². The largest absolute Gasteiger partial charge is 0.411 e. The quantitative estimate of drug-likeness (QED) is 0.645. The van der Waals surface area contributed by atoms with Crippen LogP contribution in [0.2, 0.25) is 0 Å². The maximum atomic E-state index is 12.7. The van der Waals surface area contributed by atoms with E-state index < -0.39 is 0 Å². The molecule has 2 aromatic rings. The Morgan fingerprint density at radius 2 is 2.10 bits per heavy atom. The van der Waals surface area contributed by atoms with Crippen molar-refractivity contribution < 1.29 is 10.0 Å². The first-order chi connectivity index (χ1) is 10.3. The molecule has 0 spiro atoms. The average Bonchev–Trinajstić information content (AvgIpc) is 2.74. The Morgan fingerprint density at radius 3 is 2.86 bits per heavy atom. The van der Waals surface area contributed by atoms with E-state index in [4.69, 9.17) is 0 Å². The first kappa shape index (κ1) is 13.3. The molecule has 0 radical (unpaired) electrons. The molecule has 0 fully saturated rings. The predicted octanol–water partition coefficient (Wildman–Crippen LogP) is 2.70. The van der Waals surface area contributed by atoms with Gasteiger partial charge in [-0.2, -0.15) is 0 Å². The van der Waals surface area contributed by atoms with E-state index in [1.54, 1.807) is 29.4 Å². The van der Waals surface area contributed by atoms with Crippen LogP contribution in [0.25, 0.3) is 0 Å². The number of hydrogen-bond acceptors (Lipinski definition) is 4. The van der Waals surface area contributed by atoms with Gasteiger partial charge in [-0.05, 0) is 31.0 Å². The predicted molar refractivity (Wildman–Crippen MR) is 79.9 cm³/mol. The highest BCUT2D eigenvalue weighted by Gasteiger charge is 2.25. The number of anilines is 1. The van der Waals surface area contributed by atoms with Crippen LogP contribution < -0.4 is 4.90 Å². The molecule has 1 aliphatic heterocycles. The third-order valence-electron chi connectivity index (χ3n) is 3.58. The number of carbonyl (C=O) groups excluding carboxylic acids is 1. The monoisotopic (exact) mass is 281 g/mol. The molecule has 0 unspecified atom stereocenters. The van der Waals surface area contributed by atoms with Crippen molar-refractivity contribution in [3.8, 4) is 0 Å². The van der Waals surface area contributed by atoms with Crippen LogP contribution in [0.3, 0.4) is 0 Å². The lowest BCUT2D eigenvalue weighted by Crippen LogP contribution is -2.31. The number of fused-ring (bicyclic) bond motifs is 1. The highest BCUT2D eigenvalue weighted by atomic mass is 16.4. The van der Waals surface area contributed by atoms with Gasteiger partial charge in [-0.1, -0.05) is 23.4 Å². The molecule has 5 heteroatoms. The molecule has 3 rings (SSSR count). The van der Waals surface area contributed by atoms with Crippen molar-refractivity contribution in [2.24, 2.45) is 5.16 Å². The fourth-order valence-electron chi connectivity index (χ4n) is 2.57. The third kappa shape index (κ3) is 2.50. The summed E-state index contributed by atoms with van der Waals surface area (Å²) >= 11 is 0. The van der Waals surface area contributed by atoms with Crippen molar-refractivity contribution in [3.63, 3.8) is 0 Å². The Hall–Kier alpha value is -2.69. The van der Waals surface area contributed by atoms with Crippen LogP contribution in [0.1, 0.15) is 28.8 Å². The molecule has 2 heterocycles. The number of nitrogens with zero attached hydrogens (tertiary/aromatic N) is 3. The topological polar surface area (TPSA) is 65.8 Å². The standard InChI is InChI=1S/C16H15N3O2/c20-16(12-5-3-9-17-11-12)19-10-4-7-14(18-21)13-6-1-2-8-15(13)19/h1-3,5-6,8-9,11,21H,4,7,10H2/b18-14-. The van der Waals surface area contributed by atoms with Gasteiger partial charge in [0.2, 0.25) is 0 Å². The highest BCUT2D eigenvalue weighted by molar-refractivity contribution is 6.12. The smallest absolute Gasteiger partial charge is 0.259 e. The molecule has 1 N–H and O–H groups in total. The van der Waals surface area contributed by atoms with Crippen LogP contribution >= 0.6 is 0 Å². The minimum absolute atomic E-state index is 0.0882. The number of rotatable bonds is 1. The maximum Gasteiger partial charge on any atom is 0.259 e. The number of amides is 1.